The molecule has 0 aliphatic heterocycles. The van der Waals surface area contributed by atoms with E-state index in [0.717, 1.165) is 5.69 Å². The van der Waals surface area contributed by atoms with E-state index in [4.69, 9.17) is 11.6 Å². The minimum absolute atomic E-state index is 0.0246. The van der Waals surface area contributed by atoms with Gasteiger partial charge >= 0.3 is 0 Å². The Kier molecular flexibility index (Phi) is 6.11. The molecule has 0 radical (unpaired) electrons. The summed E-state index contributed by atoms with van der Waals surface area (Å²) in [5.41, 5.74) is 1.32. The van der Waals surface area contributed by atoms with Gasteiger partial charge in [0.2, 0.25) is 11.8 Å². The molecule has 0 aliphatic carbocycles. The molecule has 2 aromatic rings. The lowest BCUT2D eigenvalue weighted by molar-refractivity contribution is -0.118. The van der Waals surface area contributed by atoms with Gasteiger partial charge in [-0.1, -0.05) is 29.8 Å². The van der Waals surface area contributed by atoms with E-state index in [9.17, 15) is 9.59 Å². The van der Waals surface area contributed by atoms with Crippen LogP contribution in [-0.2, 0) is 9.59 Å². The molecule has 120 valence electrons. The topological polar surface area (TPSA) is 62.3 Å². The van der Waals surface area contributed by atoms with E-state index in [2.05, 4.69) is 10.3 Å². The van der Waals surface area contributed by atoms with Crippen molar-refractivity contribution in [2.45, 2.75) is 19.3 Å². The fraction of sp³-hybridized carbons (Fsp3) is 0.235. The fourth-order valence-corrected chi connectivity index (χ4v) is 2.22. The van der Waals surface area contributed by atoms with Crippen LogP contribution in [0.5, 0.6) is 0 Å². The molecule has 0 atom stereocenters. The number of carbonyl (C=O) groups excluding carboxylic acids is 2. The van der Waals surface area contributed by atoms with Crippen LogP contribution in [0.4, 0.5) is 11.4 Å². The van der Waals surface area contributed by atoms with Crippen molar-refractivity contribution in [3.05, 3.63) is 53.8 Å². The molecule has 1 aromatic carbocycles. The van der Waals surface area contributed by atoms with Crippen molar-refractivity contribution < 1.29 is 9.59 Å². The molecule has 5 nitrogen and oxygen atoms in total. The molecular weight excluding hydrogens is 314 g/mol. The first-order chi connectivity index (χ1) is 11.1. The third kappa shape index (κ3) is 5.07. The van der Waals surface area contributed by atoms with Gasteiger partial charge in [0, 0.05) is 31.8 Å². The Morgan fingerprint density at radius 1 is 1.13 bits per heavy atom. The number of carbonyl (C=O) groups is 2. The van der Waals surface area contributed by atoms with E-state index < -0.39 is 0 Å². The molecule has 0 aliphatic rings. The zero-order valence-corrected chi connectivity index (χ0v) is 13.6. The molecule has 0 spiro atoms. The third-order valence-corrected chi connectivity index (χ3v) is 3.65. The first kappa shape index (κ1) is 17.0. The second kappa shape index (κ2) is 8.29. The van der Waals surface area contributed by atoms with Crippen molar-refractivity contribution >= 4 is 34.8 Å². The van der Waals surface area contributed by atoms with Crippen molar-refractivity contribution in [3.8, 4) is 0 Å². The number of hydrogen-bond donors (Lipinski definition) is 1. The predicted molar refractivity (Wildman–Crippen MR) is 91.6 cm³/mol. The maximum absolute atomic E-state index is 12.1. The molecule has 0 saturated carbocycles. The predicted octanol–water partition coefficient (Wildman–Crippen LogP) is 3.51. The average Bonchev–Trinajstić information content (AvgIpc) is 2.57. The normalized spacial score (nSPS) is 10.2. The highest BCUT2D eigenvalue weighted by atomic mass is 35.5. The molecule has 2 amide bonds. The van der Waals surface area contributed by atoms with Crippen LogP contribution < -0.4 is 10.2 Å². The number of benzene rings is 1. The molecule has 0 unspecified atom stereocenters. The number of halogens is 1. The van der Waals surface area contributed by atoms with Crippen LogP contribution in [0.2, 0.25) is 5.15 Å². The minimum atomic E-state index is -0.185. The van der Waals surface area contributed by atoms with Gasteiger partial charge < -0.3 is 10.2 Å². The van der Waals surface area contributed by atoms with Gasteiger partial charge in [-0.15, -0.1) is 0 Å². The first-order valence-electron chi connectivity index (χ1n) is 7.30. The van der Waals surface area contributed by atoms with Crippen LogP contribution in [0.15, 0.2) is 48.7 Å². The Labute approximate surface area is 140 Å². The van der Waals surface area contributed by atoms with Crippen molar-refractivity contribution in [3.63, 3.8) is 0 Å². The zero-order chi connectivity index (χ0) is 16.7. The highest BCUT2D eigenvalue weighted by Crippen LogP contribution is 2.18. The summed E-state index contributed by atoms with van der Waals surface area (Å²) in [5, 5.41) is 2.94. The molecule has 6 heteroatoms. The quantitative estimate of drug-likeness (QED) is 0.824. The maximum atomic E-state index is 12.1. The minimum Gasteiger partial charge on any atom is -0.323 e. The first-order valence-corrected chi connectivity index (χ1v) is 7.67. The number of para-hydroxylation sites is 1. The van der Waals surface area contributed by atoms with Crippen molar-refractivity contribution in [2.75, 3.05) is 17.3 Å². The number of rotatable bonds is 6. The largest absolute Gasteiger partial charge is 0.323 e. The highest BCUT2D eigenvalue weighted by Gasteiger charge is 2.12. The number of nitrogens with one attached hydrogen (secondary N) is 1. The third-order valence-electron chi connectivity index (χ3n) is 3.35. The number of anilines is 2. The Morgan fingerprint density at radius 3 is 2.57 bits per heavy atom. The van der Waals surface area contributed by atoms with Crippen molar-refractivity contribution in [2.24, 2.45) is 0 Å². The average molecular weight is 332 g/mol. The molecule has 23 heavy (non-hydrogen) atoms. The molecule has 0 saturated heterocycles. The molecule has 0 bridgehead atoms. The van der Waals surface area contributed by atoms with Gasteiger partial charge in [0.25, 0.3) is 0 Å². The Balaban J connectivity index is 1.77. The van der Waals surface area contributed by atoms with Gasteiger partial charge in [0.05, 0.1) is 5.69 Å². The molecule has 0 fully saturated rings. The van der Waals surface area contributed by atoms with Crippen LogP contribution in [-0.4, -0.2) is 23.8 Å². The summed E-state index contributed by atoms with van der Waals surface area (Å²) in [6.45, 7) is 0. The fourth-order valence-electron chi connectivity index (χ4n) is 2.06. The Morgan fingerprint density at radius 2 is 1.87 bits per heavy atom. The van der Waals surface area contributed by atoms with Crippen molar-refractivity contribution in [1.29, 1.82) is 0 Å². The van der Waals surface area contributed by atoms with Crippen LogP contribution in [0.1, 0.15) is 19.3 Å². The summed E-state index contributed by atoms with van der Waals surface area (Å²) in [4.78, 5) is 29.4. The van der Waals surface area contributed by atoms with Gasteiger partial charge in [0.15, 0.2) is 5.15 Å². The lowest BCUT2D eigenvalue weighted by Gasteiger charge is -2.17. The number of amides is 2. The Hall–Kier alpha value is -2.40. The van der Waals surface area contributed by atoms with E-state index in [1.807, 2.05) is 30.3 Å². The van der Waals surface area contributed by atoms with Crippen molar-refractivity contribution in [1.82, 2.24) is 4.98 Å². The highest BCUT2D eigenvalue weighted by molar-refractivity contribution is 6.32. The monoisotopic (exact) mass is 331 g/mol. The summed E-state index contributed by atoms with van der Waals surface area (Å²) < 4.78 is 0. The number of pyridine rings is 1. The van der Waals surface area contributed by atoms with Gasteiger partial charge in [-0.3, -0.25) is 9.59 Å². The summed E-state index contributed by atoms with van der Waals surface area (Å²) in [6.07, 6.45) is 2.58. The zero-order valence-electron chi connectivity index (χ0n) is 12.8. The molecule has 1 aromatic heterocycles. The van der Waals surface area contributed by atoms with Gasteiger partial charge in [-0.25, -0.2) is 4.98 Å². The van der Waals surface area contributed by atoms with Crippen LogP contribution in [0.3, 0.4) is 0 Å². The maximum Gasteiger partial charge on any atom is 0.226 e. The van der Waals surface area contributed by atoms with Crippen LogP contribution >= 0.6 is 11.6 Å². The van der Waals surface area contributed by atoms with Gasteiger partial charge in [-0.2, -0.15) is 0 Å². The molecule has 1 heterocycles. The summed E-state index contributed by atoms with van der Waals surface area (Å²) >= 11 is 5.88. The molecule has 1 N–H and O–H groups in total. The van der Waals surface area contributed by atoms with E-state index in [0.29, 0.717) is 18.5 Å². The second-order valence-electron chi connectivity index (χ2n) is 5.03. The second-order valence-corrected chi connectivity index (χ2v) is 5.39. The summed E-state index contributed by atoms with van der Waals surface area (Å²) in [5.74, 6) is -0.210. The van der Waals surface area contributed by atoms with Crippen LogP contribution in [0.25, 0.3) is 0 Å². The van der Waals surface area contributed by atoms with E-state index in [1.54, 1.807) is 30.3 Å². The standard InChI is InChI=1S/C17H18ClN3O2/c1-21(13-7-3-2-4-8-13)16(23)11-5-10-15(22)20-14-9-6-12-19-17(14)18/h2-4,6-9,12H,5,10-11H2,1H3,(H,20,22). The smallest absolute Gasteiger partial charge is 0.226 e. The van der Waals surface area contributed by atoms with E-state index >= 15 is 0 Å². The number of aromatic nitrogens is 1. The van der Waals surface area contributed by atoms with Gasteiger partial charge in [-0.05, 0) is 30.7 Å². The van der Waals surface area contributed by atoms with Gasteiger partial charge in [0.1, 0.15) is 0 Å². The van der Waals surface area contributed by atoms with E-state index in [1.165, 1.54) is 0 Å². The number of nitrogens with zero attached hydrogens (tertiary/aromatic N) is 2. The van der Waals surface area contributed by atoms with E-state index in [-0.39, 0.29) is 23.4 Å². The summed E-state index contributed by atoms with van der Waals surface area (Å²) in [7, 11) is 1.73. The molecular formula is C17H18ClN3O2. The SMILES string of the molecule is CN(C(=O)CCCC(=O)Nc1cccnc1Cl)c1ccccc1. The Bertz CT molecular complexity index is 677. The number of hydrogen-bond acceptors (Lipinski definition) is 3. The summed E-state index contributed by atoms with van der Waals surface area (Å²) in [6, 6.07) is 12.8. The lowest BCUT2D eigenvalue weighted by atomic mass is 10.2. The molecule has 2 rings (SSSR count). The lowest BCUT2D eigenvalue weighted by Crippen LogP contribution is -2.26. The van der Waals surface area contributed by atoms with Crippen LogP contribution in [0, 0.1) is 0 Å².